The zero-order valence-electron chi connectivity index (χ0n) is 13.4. The minimum atomic E-state index is -0.405. The van der Waals surface area contributed by atoms with Crippen molar-refractivity contribution in [3.05, 3.63) is 42.1 Å². The molecule has 3 aromatic rings. The summed E-state index contributed by atoms with van der Waals surface area (Å²) in [6.07, 6.45) is 2.74. The number of hydrogen-bond acceptors (Lipinski definition) is 3. The smallest absolute Gasteiger partial charge is 0.249 e. The Bertz CT molecular complexity index is 817. The molecule has 0 saturated heterocycles. The lowest BCUT2D eigenvalue weighted by molar-refractivity contribution is 0.100. The number of benzene rings is 1. The molecular formula is C17H21N5O. The fraction of sp³-hybridized carbons (Fsp3) is 0.294. The number of rotatable bonds is 6. The fourth-order valence-electron chi connectivity index (χ4n) is 2.91. The molecule has 0 fully saturated rings. The highest BCUT2D eigenvalue weighted by Gasteiger charge is 2.15. The summed E-state index contributed by atoms with van der Waals surface area (Å²) in [7, 11) is 4.13. The topological polar surface area (TPSA) is 79.9 Å². The van der Waals surface area contributed by atoms with Gasteiger partial charge in [0.15, 0.2) is 0 Å². The van der Waals surface area contributed by atoms with Crippen LogP contribution in [-0.4, -0.2) is 46.2 Å². The van der Waals surface area contributed by atoms with Crippen molar-refractivity contribution in [2.45, 2.75) is 13.0 Å². The van der Waals surface area contributed by atoms with Crippen molar-refractivity contribution in [2.75, 3.05) is 20.6 Å². The number of fused-ring (bicyclic) bond motifs is 1. The lowest BCUT2D eigenvalue weighted by Gasteiger charge is -2.13. The molecule has 0 aliphatic heterocycles. The molecular weight excluding hydrogens is 290 g/mol. The van der Waals surface area contributed by atoms with Crippen molar-refractivity contribution < 1.29 is 4.79 Å². The number of primary amides is 1. The van der Waals surface area contributed by atoms with E-state index in [2.05, 4.69) is 33.8 Å². The quantitative estimate of drug-likeness (QED) is 0.731. The molecule has 6 nitrogen and oxygen atoms in total. The Hall–Kier alpha value is -2.60. The van der Waals surface area contributed by atoms with Crippen molar-refractivity contribution in [3.63, 3.8) is 0 Å². The van der Waals surface area contributed by atoms with Gasteiger partial charge in [-0.05, 0) is 51.3 Å². The maximum Gasteiger partial charge on any atom is 0.249 e. The normalized spacial score (nSPS) is 11.4. The molecule has 6 heteroatoms. The SMILES string of the molecule is CN(C)CCCn1c(-c2ccn[nH]2)cc2c(C(N)=O)cccc21. The molecule has 2 heterocycles. The summed E-state index contributed by atoms with van der Waals surface area (Å²) in [6, 6.07) is 9.61. The predicted octanol–water partition coefficient (Wildman–Crippen LogP) is 2.08. The standard InChI is InChI=1S/C17H21N5O/c1-21(2)9-4-10-22-15-6-3-5-12(17(18)23)13(15)11-16(22)14-7-8-19-20-14/h3,5-8,11H,4,9-10H2,1-2H3,(H2,18,23)(H,19,20). The highest BCUT2D eigenvalue weighted by Crippen LogP contribution is 2.29. The van der Waals surface area contributed by atoms with Crippen LogP contribution in [0.25, 0.3) is 22.3 Å². The van der Waals surface area contributed by atoms with Crippen LogP contribution >= 0.6 is 0 Å². The van der Waals surface area contributed by atoms with E-state index in [9.17, 15) is 4.79 Å². The number of amides is 1. The van der Waals surface area contributed by atoms with Crippen molar-refractivity contribution in [2.24, 2.45) is 5.73 Å². The van der Waals surface area contributed by atoms with Crippen molar-refractivity contribution >= 4 is 16.8 Å². The number of nitrogens with zero attached hydrogens (tertiary/aromatic N) is 3. The summed E-state index contributed by atoms with van der Waals surface area (Å²) < 4.78 is 2.22. The maximum atomic E-state index is 11.7. The van der Waals surface area contributed by atoms with Gasteiger partial charge in [-0.2, -0.15) is 5.10 Å². The van der Waals surface area contributed by atoms with Crippen LogP contribution in [-0.2, 0) is 6.54 Å². The van der Waals surface area contributed by atoms with Crippen LogP contribution < -0.4 is 5.73 Å². The number of carbonyl (C=O) groups excluding carboxylic acids is 1. The molecule has 0 bridgehead atoms. The molecule has 0 spiro atoms. The summed E-state index contributed by atoms with van der Waals surface area (Å²) in [5.41, 5.74) is 9.04. The lowest BCUT2D eigenvalue weighted by Crippen LogP contribution is -2.15. The van der Waals surface area contributed by atoms with E-state index in [-0.39, 0.29) is 0 Å². The van der Waals surface area contributed by atoms with E-state index in [1.54, 1.807) is 12.3 Å². The van der Waals surface area contributed by atoms with E-state index in [0.29, 0.717) is 5.56 Å². The number of hydrogen-bond donors (Lipinski definition) is 2. The second kappa shape index (κ2) is 6.26. The van der Waals surface area contributed by atoms with Gasteiger partial charge in [-0.25, -0.2) is 0 Å². The number of aromatic amines is 1. The Balaban J connectivity index is 2.11. The Morgan fingerprint density at radius 1 is 1.35 bits per heavy atom. The maximum absolute atomic E-state index is 11.7. The first-order valence-electron chi connectivity index (χ1n) is 7.64. The average Bonchev–Trinajstić information content (AvgIpc) is 3.13. The minimum Gasteiger partial charge on any atom is -0.366 e. The summed E-state index contributed by atoms with van der Waals surface area (Å²) >= 11 is 0. The first-order chi connectivity index (χ1) is 11.1. The molecule has 0 aliphatic rings. The lowest BCUT2D eigenvalue weighted by atomic mass is 10.1. The Labute approximate surface area is 134 Å². The third-order valence-electron chi connectivity index (χ3n) is 3.97. The van der Waals surface area contributed by atoms with Gasteiger partial charge in [0, 0.05) is 29.2 Å². The Morgan fingerprint density at radius 3 is 2.83 bits per heavy atom. The van der Waals surface area contributed by atoms with E-state index in [1.807, 2.05) is 24.3 Å². The first-order valence-corrected chi connectivity index (χ1v) is 7.64. The molecule has 0 saturated carbocycles. The molecule has 0 atom stereocenters. The number of nitrogens with two attached hydrogens (primary N) is 1. The monoisotopic (exact) mass is 311 g/mol. The van der Waals surface area contributed by atoms with Crippen molar-refractivity contribution in [3.8, 4) is 11.4 Å². The van der Waals surface area contributed by atoms with E-state index in [1.165, 1.54) is 0 Å². The Morgan fingerprint density at radius 2 is 2.17 bits per heavy atom. The molecule has 23 heavy (non-hydrogen) atoms. The number of aromatic nitrogens is 3. The number of carbonyl (C=O) groups is 1. The van der Waals surface area contributed by atoms with Gasteiger partial charge in [0.05, 0.1) is 11.4 Å². The second-order valence-corrected chi connectivity index (χ2v) is 5.91. The van der Waals surface area contributed by atoms with Crippen LogP contribution in [0.15, 0.2) is 36.5 Å². The van der Waals surface area contributed by atoms with E-state index in [0.717, 1.165) is 41.8 Å². The zero-order valence-corrected chi connectivity index (χ0v) is 13.4. The fourth-order valence-corrected chi connectivity index (χ4v) is 2.91. The minimum absolute atomic E-state index is 0.405. The number of nitrogens with one attached hydrogen (secondary N) is 1. The van der Waals surface area contributed by atoms with Gasteiger partial charge in [-0.3, -0.25) is 9.89 Å². The van der Waals surface area contributed by atoms with Crippen LogP contribution in [0.2, 0.25) is 0 Å². The Kier molecular flexibility index (Phi) is 4.16. The third kappa shape index (κ3) is 2.98. The van der Waals surface area contributed by atoms with Gasteiger partial charge < -0.3 is 15.2 Å². The van der Waals surface area contributed by atoms with Gasteiger partial charge in [0.2, 0.25) is 5.91 Å². The molecule has 3 N–H and O–H groups in total. The highest BCUT2D eigenvalue weighted by molar-refractivity contribution is 6.07. The van der Waals surface area contributed by atoms with Crippen LogP contribution in [0.3, 0.4) is 0 Å². The summed E-state index contributed by atoms with van der Waals surface area (Å²) in [5, 5.41) is 7.93. The van der Waals surface area contributed by atoms with E-state index < -0.39 is 5.91 Å². The molecule has 3 rings (SSSR count). The van der Waals surface area contributed by atoms with Crippen molar-refractivity contribution in [1.82, 2.24) is 19.7 Å². The van der Waals surface area contributed by atoms with Gasteiger partial charge >= 0.3 is 0 Å². The van der Waals surface area contributed by atoms with Gasteiger partial charge in [0.1, 0.15) is 0 Å². The predicted molar refractivity (Wildman–Crippen MR) is 91.2 cm³/mol. The van der Waals surface area contributed by atoms with Gasteiger partial charge in [-0.15, -0.1) is 0 Å². The van der Waals surface area contributed by atoms with Crippen LogP contribution in [0, 0.1) is 0 Å². The molecule has 0 radical (unpaired) electrons. The molecule has 2 aromatic heterocycles. The van der Waals surface area contributed by atoms with Gasteiger partial charge in [0.25, 0.3) is 0 Å². The third-order valence-corrected chi connectivity index (χ3v) is 3.97. The molecule has 1 aromatic carbocycles. The zero-order chi connectivity index (χ0) is 16.4. The number of aryl methyl sites for hydroxylation is 1. The summed E-state index contributed by atoms with van der Waals surface area (Å²) in [4.78, 5) is 13.9. The summed E-state index contributed by atoms with van der Waals surface area (Å²) in [5.74, 6) is -0.405. The van der Waals surface area contributed by atoms with Crippen LogP contribution in [0.1, 0.15) is 16.8 Å². The van der Waals surface area contributed by atoms with Gasteiger partial charge in [-0.1, -0.05) is 6.07 Å². The first kappa shape index (κ1) is 15.3. The second-order valence-electron chi connectivity index (χ2n) is 5.91. The molecule has 0 unspecified atom stereocenters. The largest absolute Gasteiger partial charge is 0.366 e. The average molecular weight is 311 g/mol. The van der Waals surface area contributed by atoms with Crippen molar-refractivity contribution in [1.29, 1.82) is 0 Å². The highest BCUT2D eigenvalue weighted by atomic mass is 16.1. The molecule has 120 valence electrons. The van der Waals surface area contributed by atoms with Crippen LogP contribution in [0.5, 0.6) is 0 Å². The van der Waals surface area contributed by atoms with Crippen LogP contribution in [0.4, 0.5) is 0 Å². The van der Waals surface area contributed by atoms with E-state index in [4.69, 9.17) is 5.73 Å². The molecule has 1 amide bonds. The van der Waals surface area contributed by atoms with E-state index >= 15 is 0 Å². The summed E-state index contributed by atoms with van der Waals surface area (Å²) in [6.45, 7) is 1.86. The molecule has 0 aliphatic carbocycles. The number of H-pyrrole nitrogens is 1.